The van der Waals surface area contributed by atoms with Crippen LogP contribution in [0.15, 0.2) is 66.7 Å². The van der Waals surface area contributed by atoms with Crippen LogP contribution in [0.4, 0.5) is 5.00 Å². The summed E-state index contributed by atoms with van der Waals surface area (Å²) in [4.78, 5) is 27.5. The lowest BCUT2D eigenvalue weighted by Gasteiger charge is -2.36. The van der Waals surface area contributed by atoms with Crippen LogP contribution in [0.3, 0.4) is 0 Å². The first-order chi connectivity index (χ1) is 18.3. The largest absolute Gasteiger partial charge is 0.423 e. The number of anilines is 1. The average Bonchev–Trinajstić information content (AvgIpc) is 3.31. The third kappa shape index (κ3) is 4.37. The molecule has 0 saturated heterocycles. The van der Waals surface area contributed by atoms with Crippen LogP contribution in [0.5, 0.6) is 5.75 Å². The third-order valence-corrected chi connectivity index (χ3v) is 9.68. The van der Waals surface area contributed by atoms with E-state index >= 15 is 0 Å². The van der Waals surface area contributed by atoms with E-state index in [0.717, 1.165) is 52.6 Å². The Hall–Kier alpha value is -3.64. The number of benzene rings is 3. The van der Waals surface area contributed by atoms with E-state index in [2.05, 4.69) is 31.4 Å². The van der Waals surface area contributed by atoms with Gasteiger partial charge in [0.1, 0.15) is 16.9 Å². The first-order valence-electron chi connectivity index (χ1n) is 13.4. The summed E-state index contributed by atoms with van der Waals surface area (Å²) in [6.07, 6.45) is 3.97. The molecule has 0 radical (unpaired) electrons. The first-order valence-corrected chi connectivity index (χ1v) is 14.2. The second kappa shape index (κ2) is 9.59. The Morgan fingerprint density at radius 2 is 1.79 bits per heavy atom. The molecule has 2 heterocycles. The molecule has 1 aromatic heterocycles. The quantitative estimate of drug-likeness (QED) is 0.209. The summed E-state index contributed by atoms with van der Waals surface area (Å²) in [5.74, 6) is 0.701. The van der Waals surface area contributed by atoms with E-state index in [1.54, 1.807) is 29.5 Å². The summed E-state index contributed by atoms with van der Waals surface area (Å²) in [6.45, 7) is 6.99. The number of fused-ring (bicyclic) bond motifs is 4. The molecule has 1 amide bonds. The lowest BCUT2D eigenvalue weighted by Crippen LogP contribution is -2.38. The zero-order valence-corrected chi connectivity index (χ0v) is 22.8. The summed E-state index contributed by atoms with van der Waals surface area (Å²) < 4.78 is 5.69. The van der Waals surface area contributed by atoms with Crippen molar-refractivity contribution in [2.75, 3.05) is 5.32 Å². The predicted octanol–water partition coefficient (Wildman–Crippen LogP) is 7.52. The number of esters is 1. The molecule has 0 spiro atoms. The molecule has 1 aliphatic heterocycles. The number of hydrogen-bond donors (Lipinski definition) is 2. The molecule has 4 aromatic rings. The van der Waals surface area contributed by atoms with Gasteiger partial charge < -0.3 is 15.4 Å². The first kappa shape index (κ1) is 24.7. The number of ether oxygens (including phenoxy) is 1. The Balaban J connectivity index is 1.18. The second-order valence-electron chi connectivity index (χ2n) is 11.0. The van der Waals surface area contributed by atoms with Crippen molar-refractivity contribution in [3.8, 4) is 5.75 Å². The summed E-state index contributed by atoms with van der Waals surface area (Å²) in [7, 11) is 0. The molecular weight excluding hydrogens is 492 g/mol. The highest BCUT2D eigenvalue weighted by atomic mass is 32.1. The maximum absolute atomic E-state index is 13.2. The SMILES string of the molecule is CCC(C)(C)[C@H]1CCc2c(sc3c2C(=O)N[C@H](c2ccc(OC(=O)c4cccc5ccccc45)cc2)N3)C1. The highest BCUT2D eigenvalue weighted by molar-refractivity contribution is 7.16. The molecule has 0 unspecified atom stereocenters. The molecule has 0 fully saturated rings. The van der Waals surface area contributed by atoms with Gasteiger partial charge in [0.2, 0.25) is 0 Å². The van der Waals surface area contributed by atoms with Crippen LogP contribution in [-0.2, 0) is 12.8 Å². The molecule has 0 bridgehead atoms. The Bertz CT molecular complexity index is 1530. The topological polar surface area (TPSA) is 67.4 Å². The van der Waals surface area contributed by atoms with E-state index in [4.69, 9.17) is 4.74 Å². The van der Waals surface area contributed by atoms with Crippen LogP contribution in [-0.4, -0.2) is 11.9 Å². The number of carbonyl (C=O) groups is 2. The number of hydrogen-bond acceptors (Lipinski definition) is 5. The Morgan fingerprint density at radius 3 is 2.58 bits per heavy atom. The monoisotopic (exact) mass is 524 g/mol. The Morgan fingerprint density at radius 1 is 1.03 bits per heavy atom. The van der Waals surface area contributed by atoms with Gasteiger partial charge in [0, 0.05) is 4.88 Å². The van der Waals surface area contributed by atoms with E-state index in [0.29, 0.717) is 22.6 Å². The predicted molar refractivity (Wildman–Crippen MR) is 153 cm³/mol. The van der Waals surface area contributed by atoms with Crippen LogP contribution in [0.1, 0.15) is 76.5 Å². The maximum Gasteiger partial charge on any atom is 0.344 e. The van der Waals surface area contributed by atoms with Gasteiger partial charge in [0.25, 0.3) is 5.91 Å². The van der Waals surface area contributed by atoms with Gasteiger partial charge >= 0.3 is 5.97 Å². The van der Waals surface area contributed by atoms with Crippen molar-refractivity contribution in [3.05, 3.63) is 93.9 Å². The summed E-state index contributed by atoms with van der Waals surface area (Å²) in [5, 5.41) is 9.51. The Labute approximate surface area is 227 Å². The molecule has 1 aliphatic carbocycles. The highest BCUT2D eigenvalue weighted by Gasteiger charge is 2.37. The normalized spacial score (nSPS) is 18.8. The van der Waals surface area contributed by atoms with Crippen LogP contribution in [0, 0.1) is 11.3 Å². The summed E-state index contributed by atoms with van der Waals surface area (Å²) in [5.41, 5.74) is 3.80. The molecule has 3 aromatic carbocycles. The highest BCUT2D eigenvalue weighted by Crippen LogP contribution is 2.47. The molecule has 194 valence electrons. The van der Waals surface area contributed by atoms with E-state index in [1.165, 1.54) is 10.4 Å². The molecule has 2 N–H and O–H groups in total. The molecule has 2 aliphatic rings. The number of amides is 1. The lowest BCUT2D eigenvalue weighted by molar-refractivity contribution is 0.0736. The molecule has 0 saturated carbocycles. The average molecular weight is 525 g/mol. The van der Waals surface area contributed by atoms with Crippen molar-refractivity contribution < 1.29 is 14.3 Å². The van der Waals surface area contributed by atoms with Crippen molar-refractivity contribution in [3.63, 3.8) is 0 Å². The number of nitrogens with one attached hydrogen (secondary N) is 2. The van der Waals surface area contributed by atoms with Gasteiger partial charge in [-0.3, -0.25) is 4.79 Å². The van der Waals surface area contributed by atoms with Gasteiger partial charge in [0.15, 0.2) is 0 Å². The Kier molecular flexibility index (Phi) is 6.23. The van der Waals surface area contributed by atoms with Gasteiger partial charge in [-0.15, -0.1) is 11.3 Å². The minimum Gasteiger partial charge on any atom is -0.423 e. The van der Waals surface area contributed by atoms with E-state index in [1.807, 2.05) is 48.5 Å². The number of carbonyl (C=O) groups excluding carboxylic acids is 2. The summed E-state index contributed by atoms with van der Waals surface area (Å²) >= 11 is 1.74. The molecule has 6 rings (SSSR count). The fourth-order valence-corrected chi connectivity index (χ4v) is 7.07. The zero-order valence-electron chi connectivity index (χ0n) is 22.0. The van der Waals surface area contributed by atoms with Crippen LogP contribution in [0.2, 0.25) is 0 Å². The second-order valence-corrected chi connectivity index (χ2v) is 12.1. The fourth-order valence-electron chi connectivity index (χ4n) is 5.71. The summed E-state index contributed by atoms with van der Waals surface area (Å²) in [6, 6.07) is 20.7. The van der Waals surface area contributed by atoms with Crippen molar-refractivity contribution in [2.45, 2.75) is 52.6 Å². The van der Waals surface area contributed by atoms with Crippen LogP contribution < -0.4 is 15.4 Å². The van der Waals surface area contributed by atoms with Crippen molar-refractivity contribution in [1.29, 1.82) is 0 Å². The smallest absolute Gasteiger partial charge is 0.344 e. The maximum atomic E-state index is 13.2. The van der Waals surface area contributed by atoms with E-state index < -0.39 is 5.97 Å². The van der Waals surface area contributed by atoms with Gasteiger partial charge in [-0.25, -0.2) is 4.79 Å². The van der Waals surface area contributed by atoms with Gasteiger partial charge in [-0.05, 0) is 70.7 Å². The van der Waals surface area contributed by atoms with E-state index in [-0.39, 0.29) is 12.1 Å². The molecular formula is C32H32N2O3S. The third-order valence-electron chi connectivity index (χ3n) is 8.49. The number of thiophene rings is 1. The van der Waals surface area contributed by atoms with Crippen LogP contribution >= 0.6 is 11.3 Å². The van der Waals surface area contributed by atoms with E-state index in [9.17, 15) is 9.59 Å². The van der Waals surface area contributed by atoms with Crippen molar-refractivity contribution >= 4 is 39.0 Å². The molecule has 38 heavy (non-hydrogen) atoms. The molecule has 5 nitrogen and oxygen atoms in total. The minimum atomic E-state index is -0.392. The fraction of sp³-hybridized carbons (Fsp3) is 0.312. The molecule has 6 heteroatoms. The van der Waals surface area contributed by atoms with Crippen molar-refractivity contribution in [1.82, 2.24) is 5.32 Å². The molecule has 2 atom stereocenters. The van der Waals surface area contributed by atoms with Gasteiger partial charge in [0.05, 0.1) is 11.1 Å². The number of rotatable bonds is 5. The minimum absolute atomic E-state index is 0.0130. The van der Waals surface area contributed by atoms with Crippen LogP contribution in [0.25, 0.3) is 10.8 Å². The van der Waals surface area contributed by atoms with Gasteiger partial charge in [-0.2, -0.15) is 0 Å². The standard InChI is InChI=1S/C32H32N2O3S/c1-4-32(2,3)21-14-17-25-26(18-21)38-30-27(25)29(35)33-28(34-30)20-12-15-22(16-13-20)37-31(36)24-11-7-9-19-8-5-6-10-23(19)24/h5-13,15-16,21,28,34H,4,14,17-18H2,1-3H3,(H,33,35)/t21-,28-/m0/s1. The lowest BCUT2D eigenvalue weighted by atomic mass is 9.69. The van der Waals surface area contributed by atoms with Crippen molar-refractivity contribution in [2.24, 2.45) is 11.3 Å². The zero-order chi connectivity index (χ0) is 26.4. The van der Waals surface area contributed by atoms with Gasteiger partial charge in [-0.1, -0.05) is 75.7 Å².